The number of alkyl halides is 4. The van der Waals surface area contributed by atoms with Crippen LogP contribution in [0.3, 0.4) is 0 Å². The Morgan fingerprint density at radius 2 is 2.06 bits per heavy atom. The molecule has 7 heteroatoms. The number of nitrogens with one attached hydrogen (secondary N) is 1. The Balaban J connectivity index is 2.76. The molecule has 0 amide bonds. The van der Waals surface area contributed by atoms with E-state index in [9.17, 15) is 18.3 Å². The van der Waals surface area contributed by atoms with Gasteiger partial charge in [0, 0.05) is 15.8 Å². The number of hydrogen-bond donors (Lipinski definition) is 2. The van der Waals surface area contributed by atoms with Crippen LogP contribution in [-0.2, 0) is 6.18 Å². The number of aliphatic hydroxyl groups is 1. The van der Waals surface area contributed by atoms with E-state index in [1.807, 2.05) is 0 Å². The summed E-state index contributed by atoms with van der Waals surface area (Å²) in [5.41, 5.74) is -0.145. The first-order valence-corrected chi connectivity index (χ1v) is 6.30. The minimum absolute atomic E-state index is 0.0741. The van der Waals surface area contributed by atoms with E-state index >= 15 is 0 Å². The average molecular weight is 380 g/mol. The standard InChI is InChI=1S/C10H10ClF3INO/c11-4-7(17)5-16-6-1-2-8(9(15)3-6)10(12,13)14/h1-3,7,16-17H,4-5H2. The van der Waals surface area contributed by atoms with Gasteiger partial charge in [0.05, 0.1) is 17.5 Å². The Bertz CT molecular complexity index is 386. The van der Waals surface area contributed by atoms with Crippen molar-refractivity contribution in [2.24, 2.45) is 0 Å². The van der Waals surface area contributed by atoms with Crippen molar-refractivity contribution in [2.75, 3.05) is 17.7 Å². The van der Waals surface area contributed by atoms with E-state index < -0.39 is 17.8 Å². The maximum Gasteiger partial charge on any atom is 0.417 e. The Labute approximate surface area is 115 Å². The second-order valence-corrected chi connectivity index (χ2v) is 4.85. The summed E-state index contributed by atoms with van der Waals surface area (Å²) in [7, 11) is 0. The van der Waals surface area contributed by atoms with Crippen LogP contribution in [0.2, 0.25) is 0 Å². The van der Waals surface area contributed by atoms with Gasteiger partial charge in [0.1, 0.15) is 0 Å². The second-order valence-electron chi connectivity index (χ2n) is 3.38. The van der Waals surface area contributed by atoms with Crippen LogP contribution in [0.1, 0.15) is 5.56 Å². The van der Waals surface area contributed by atoms with Crippen LogP contribution in [0.4, 0.5) is 18.9 Å². The largest absolute Gasteiger partial charge is 0.417 e. The van der Waals surface area contributed by atoms with E-state index in [0.29, 0.717) is 5.69 Å². The average Bonchev–Trinajstić information content (AvgIpc) is 2.24. The first-order valence-electron chi connectivity index (χ1n) is 4.69. The van der Waals surface area contributed by atoms with Crippen LogP contribution < -0.4 is 5.32 Å². The molecule has 0 aromatic heterocycles. The molecule has 0 saturated carbocycles. The molecule has 1 rings (SSSR count). The molecule has 0 fully saturated rings. The summed E-state index contributed by atoms with van der Waals surface area (Å²) < 4.78 is 37.5. The summed E-state index contributed by atoms with van der Waals surface area (Å²) in [6, 6.07) is 3.72. The highest BCUT2D eigenvalue weighted by atomic mass is 127. The summed E-state index contributed by atoms with van der Waals surface area (Å²) in [4.78, 5) is 0. The van der Waals surface area contributed by atoms with Gasteiger partial charge in [0.15, 0.2) is 0 Å². The van der Waals surface area contributed by atoms with Gasteiger partial charge in [0.2, 0.25) is 0 Å². The van der Waals surface area contributed by atoms with Gasteiger partial charge in [-0.1, -0.05) is 0 Å². The van der Waals surface area contributed by atoms with Crippen molar-refractivity contribution in [2.45, 2.75) is 12.3 Å². The molecule has 1 aromatic carbocycles. The van der Waals surface area contributed by atoms with Crippen molar-refractivity contribution in [3.8, 4) is 0 Å². The number of benzene rings is 1. The zero-order valence-electron chi connectivity index (χ0n) is 8.56. The van der Waals surface area contributed by atoms with E-state index in [0.717, 1.165) is 6.07 Å². The normalized spacial score (nSPS) is 13.5. The molecule has 0 aliphatic rings. The fourth-order valence-electron chi connectivity index (χ4n) is 1.15. The van der Waals surface area contributed by atoms with Crippen LogP contribution in [-0.4, -0.2) is 23.6 Å². The maximum atomic E-state index is 12.5. The van der Waals surface area contributed by atoms with Gasteiger partial charge < -0.3 is 10.4 Å². The van der Waals surface area contributed by atoms with Crippen molar-refractivity contribution in [3.05, 3.63) is 27.3 Å². The summed E-state index contributed by atoms with van der Waals surface area (Å²) in [6.07, 6.45) is -5.07. The fraction of sp³-hybridized carbons (Fsp3) is 0.400. The van der Waals surface area contributed by atoms with E-state index in [1.54, 1.807) is 22.6 Å². The van der Waals surface area contributed by atoms with Gasteiger partial charge in [-0.3, -0.25) is 0 Å². The predicted molar refractivity (Wildman–Crippen MR) is 69.4 cm³/mol. The first kappa shape index (κ1) is 14.8. The number of rotatable bonds is 4. The van der Waals surface area contributed by atoms with Crippen LogP contribution in [0.15, 0.2) is 18.2 Å². The van der Waals surface area contributed by atoms with Crippen molar-refractivity contribution < 1.29 is 18.3 Å². The second kappa shape index (κ2) is 6.10. The molecule has 0 radical (unpaired) electrons. The molecule has 2 N–H and O–H groups in total. The lowest BCUT2D eigenvalue weighted by molar-refractivity contribution is -0.138. The highest BCUT2D eigenvalue weighted by Crippen LogP contribution is 2.33. The number of anilines is 1. The SMILES string of the molecule is OC(CCl)CNc1ccc(C(F)(F)F)c(I)c1. The Morgan fingerprint density at radius 3 is 2.53 bits per heavy atom. The number of aliphatic hydroxyl groups excluding tert-OH is 1. The van der Waals surface area contributed by atoms with Gasteiger partial charge >= 0.3 is 6.18 Å². The Morgan fingerprint density at radius 1 is 1.41 bits per heavy atom. The molecule has 1 unspecified atom stereocenters. The monoisotopic (exact) mass is 379 g/mol. The van der Waals surface area contributed by atoms with Crippen molar-refractivity contribution in [1.29, 1.82) is 0 Å². The van der Waals surface area contributed by atoms with Gasteiger partial charge in [-0.15, -0.1) is 11.6 Å². The van der Waals surface area contributed by atoms with E-state index in [-0.39, 0.29) is 16.0 Å². The first-order chi connectivity index (χ1) is 7.84. The summed E-state index contributed by atoms with van der Waals surface area (Å²) >= 11 is 7.02. The van der Waals surface area contributed by atoms with Gasteiger partial charge in [-0.05, 0) is 40.8 Å². The zero-order chi connectivity index (χ0) is 13.1. The highest BCUT2D eigenvalue weighted by molar-refractivity contribution is 14.1. The van der Waals surface area contributed by atoms with Crippen LogP contribution in [0, 0.1) is 3.57 Å². The van der Waals surface area contributed by atoms with E-state index in [4.69, 9.17) is 11.6 Å². The molecule has 0 aliphatic carbocycles. The molecule has 0 spiro atoms. The van der Waals surface area contributed by atoms with Gasteiger partial charge in [-0.2, -0.15) is 13.2 Å². The molecule has 17 heavy (non-hydrogen) atoms. The molecule has 1 atom stereocenters. The minimum atomic E-state index is -4.34. The molecule has 0 bridgehead atoms. The molecule has 2 nitrogen and oxygen atoms in total. The van der Waals surface area contributed by atoms with Crippen LogP contribution in [0.5, 0.6) is 0 Å². The molecule has 0 saturated heterocycles. The van der Waals surface area contributed by atoms with Crippen LogP contribution >= 0.6 is 34.2 Å². The topological polar surface area (TPSA) is 32.3 Å². The third-order valence-corrected chi connectivity index (χ3v) is 3.24. The molecule has 0 aliphatic heterocycles. The maximum absolute atomic E-state index is 12.5. The number of hydrogen-bond acceptors (Lipinski definition) is 2. The quantitative estimate of drug-likeness (QED) is 0.621. The van der Waals surface area contributed by atoms with Crippen LogP contribution in [0.25, 0.3) is 0 Å². The fourth-order valence-corrected chi connectivity index (χ4v) is 2.08. The number of halogens is 5. The van der Waals surface area contributed by atoms with E-state index in [2.05, 4.69) is 5.32 Å². The Hall–Kier alpha value is -0.210. The smallest absolute Gasteiger partial charge is 0.390 e. The van der Waals surface area contributed by atoms with Gasteiger partial charge in [0.25, 0.3) is 0 Å². The van der Waals surface area contributed by atoms with Gasteiger partial charge in [-0.25, -0.2) is 0 Å². The molecule has 0 heterocycles. The zero-order valence-corrected chi connectivity index (χ0v) is 11.5. The molecule has 1 aromatic rings. The summed E-state index contributed by atoms with van der Waals surface area (Å²) in [5.74, 6) is 0.0741. The Kier molecular flexibility index (Phi) is 5.33. The minimum Gasteiger partial charge on any atom is -0.390 e. The van der Waals surface area contributed by atoms with E-state index in [1.165, 1.54) is 12.1 Å². The lowest BCUT2D eigenvalue weighted by Gasteiger charge is -2.13. The predicted octanol–water partition coefficient (Wildman–Crippen LogP) is 3.32. The molecule has 96 valence electrons. The third kappa shape index (κ3) is 4.51. The van der Waals surface area contributed by atoms with Crippen molar-refractivity contribution in [3.63, 3.8) is 0 Å². The lowest BCUT2D eigenvalue weighted by atomic mass is 10.2. The molecular formula is C10H10ClF3INO. The summed E-state index contributed by atoms with van der Waals surface area (Å²) in [5, 5.41) is 12.0. The lowest BCUT2D eigenvalue weighted by Crippen LogP contribution is -2.21. The highest BCUT2D eigenvalue weighted by Gasteiger charge is 2.32. The summed E-state index contributed by atoms with van der Waals surface area (Å²) in [6.45, 7) is 0.199. The molecular weight excluding hydrogens is 369 g/mol. The van der Waals surface area contributed by atoms with Crippen molar-refractivity contribution >= 4 is 39.9 Å². The third-order valence-electron chi connectivity index (χ3n) is 1.99. The van der Waals surface area contributed by atoms with Crippen molar-refractivity contribution in [1.82, 2.24) is 0 Å².